The molecule has 63 valence electrons. The molecule has 1 rings (SSSR count). The molecule has 1 fully saturated rings. The Bertz CT molecular complexity index is 138. The van der Waals surface area contributed by atoms with Gasteiger partial charge in [0.25, 0.3) is 0 Å². The van der Waals surface area contributed by atoms with Gasteiger partial charge in [-0.25, -0.2) is 0 Å². The summed E-state index contributed by atoms with van der Waals surface area (Å²) in [7, 11) is 0. The van der Waals surface area contributed by atoms with Crippen LogP contribution in [-0.2, 0) is 4.79 Å². The summed E-state index contributed by atoms with van der Waals surface area (Å²) in [6, 6.07) is 0.603. The van der Waals surface area contributed by atoms with Crippen molar-refractivity contribution in [1.82, 2.24) is 10.2 Å². The Hall–Kier alpha value is -0.570. The van der Waals surface area contributed by atoms with Crippen LogP contribution in [0.15, 0.2) is 0 Å². The summed E-state index contributed by atoms with van der Waals surface area (Å²) < 4.78 is 0. The van der Waals surface area contributed by atoms with E-state index < -0.39 is 0 Å². The lowest BCUT2D eigenvalue weighted by Gasteiger charge is -2.27. The van der Waals surface area contributed by atoms with Crippen molar-refractivity contribution in [2.24, 2.45) is 0 Å². The SMILES string of the molecule is CC1CCCN1C(C)N[C]=O. The Morgan fingerprint density at radius 2 is 2.45 bits per heavy atom. The smallest absolute Gasteiger partial charge is 0.310 e. The lowest BCUT2D eigenvalue weighted by atomic mass is 10.2. The van der Waals surface area contributed by atoms with Crippen LogP contribution in [0.2, 0.25) is 0 Å². The molecule has 0 saturated carbocycles. The minimum atomic E-state index is 0.144. The quantitative estimate of drug-likeness (QED) is 0.601. The van der Waals surface area contributed by atoms with Gasteiger partial charge in [-0.3, -0.25) is 9.69 Å². The van der Waals surface area contributed by atoms with E-state index in [9.17, 15) is 4.79 Å². The molecule has 3 heteroatoms. The van der Waals surface area contributed by atoms with E-state index in [2.05, 4.69) is 17.1 Å². The number of carbonyl (C=O) groups excluding carboxylic acids is 1. The first kappa shape index (κ1) is 8.53. The molecular weight excluding hydrogens is 140 g/mol. The van der Waals surface area contributed by atoms with Gasteiger partial charge in [-0.05, 0) is 26.7 Å². The molecular formula is C8H15N2O. The highest BCUT2D eigenvalue weighted by atomic mass is 16.1. The van der Waals surface area contributed by atoms with Crippen molar-refractivity contribution in [2.45, 2.75) is 38.9 Å². The molecule has 1 radical (unpaired) electrons. The van der Waals surface area contributed by atoms with Gasteiger partial charge in [0.1, 0.15) is 0 Å². The first-order valence-electron chi connectivity index (χ1n) is 4.14. The highest BCUT2D eigenvalue weighted by Crippen LogP contribution is 2.17. The predicted molar refractivity (Wildman–Crippen MR) is 43.7 cm³/mol. The third-order valence-corrected chi connectivity index (χ3v) is 2.37. The average Bonchev–Trinajstić information content (AvgIpc) is 2.36. The summed E-state index contributed by atoms with van der Waals surface area (Å²) in [5.41, 5.74) is 0. The molecule has 1 saturated heterocycles. The van der Waals surface area contributed by atoms with Crippen molar-refractivity contribution >= 4 is 6.41 Å². The molecule has 1 aliphatic rings. The fourth-order valence-corrected chi connectivity index (χ4v) is 1.70. The second-order valence-electron chi connectivity index (χ2n) is 3.15. The Morgan fingerprint density at radius 3 is 2.91 bits per heavy atom. The van der Waals surface area contributed by atoms with Crippen LogP contribution >= 0.6 is 0 Å². The molecule has 0 aromatic rings. The Kier molecular flexibility index (Phi) is 2.88. The zero-order valence-electron chi connectivity index (χ0n) is 7.13. The van der Waals surface area contributed by atoms with Crippen LogP contribution in [0.1, 0.15) is 26.7 Å². The maximum atomic E-state index is 10.0. The van der Waals surface area contributed by atoms with E-state index in [1.807, 2.05) is 6.92 Å². The number of hydrogen-bond donors (Lipinski definition) is 1. The number of likely N-dealkylation sites (tertiary alicyclic amines) is 1. The van der Waals surface area contributed by atoms with Gasteiger partial charge in [0.2, 0.25) is 0 Å². The third-order valence-electron chi connectivity index (χ3n) is 2.37. The van der Waals surface area contributed by atoms with E-state index in [4.69, 9.17) is 0 Å². The van der Waals surface area contributed by atoms with Crippen LogP contribution in [0, 0.1) is 0 Å². The molecule has 2 unspecified atom stereocenters. The normalized spacial score (nSPS) is 28.4. The maximum absolute atomic E-state index is 10.0. The van der Waals surface area contributed by atoms with Gasteiger partial charge in [0, 0.05) is 12.6 Å². The van der Waals surface area contributed by atoms with Gasteiger partial charge in [-0.1, -0.05) is 0 Å². The van der Waals surface area contributed by atoms with Gasteiger partial charge in [-0.2, -0.15) is 0 Å². The fraction of sp³-hybridized carbons (Fsp3) is 0.875. The molecule has 0 bridgehead atoms. The summed E-state index contributed by atoms with van der Waals surface area (Å²) in [6.07, 6.45) is 4.35. The van der Waals surface area contributed by atoms with Crippen molar-refractivity contribution in [1.29, 1.82) is 0 Å². The van der Waals surface area contributed by atoms with Gasteiger partial charge < -0.3 is 5.32 Å². The number of hydrogen-bond acceptors (Lipinski definition) is 2. The minimum absolute atomic E-state index is 0.144. The second kappa shape index (κ2) is 3.72. The van der Waals surface area contributed by atoms with Crippen LogP contribution in [0.25, 0.3) is 0 Å². The highest BCUT2D eigenvalue weighted by Gasteiger charge is 2.24. The number of nitrogens with one attached hydrogen (secondary N) is 1. The molecule has 0 aromatic carbocycles. The third kappa shape index (κ3) is 1.93. The standard InChI is InChI=1S/C8H15N2O/c1-7-4-3-5-10(7)8(2)9-6-11/h7-8H,3-5H2,1-2H3,(H,9,11). The Labute approximate surface area is 67.8 Å². The minimum Gasteiger partial charge on any atom is -0.333 e. The predicted octanol–water partition coefficient (Wildman–Crippen LogP) is 0.474. The van der Waals surface area contributed by atoms with Crippen molar-refractivity contribution < 1.29 is 4.79 Å². The Morgan fingerprint density at radius 1 is 1.73 bits per heavy atom. The molecule has 1 N–H and O–H groups in total. The Balaban J connectivity index is 2.38. The molecule has 0 spiro atoms. The summed E-state index contributed by atoms with van der Waals surface area (Å²) >= 11 is 0. The first-order valence-corrected chi connectivity index (χ1v) is 4.14. The summed E-state index contributed by atoms with van der Waals surface area (Å²) in [5, 5.41) is 2.64. The summed E-state index contributed by atoms with van der Waals surface area (Å²) in [6.45, 7) is 5.28. The van der Waals surface area contributed by atoms with Crippen LogP contribution in [0.4, 0.5) is 0 Å². The number of nitrogens with zero attached hydrogens (tertiary/aromatic N) is 1. The van der Waals surface area contributed by atoms with E-state index in [0.29, 0.717) is 6.04 Å². The summed E-state index contributed by atoms with van der Waals surface area (Å²) in [5.74, 6) is 0. The molecule has 0 aliphatic carbocycles. The second-order valence-corrected chi connectivity index (χ2v) is 3.15. The van der Waals surface area contributed by atoms with Crippen molar-refractivity contribution in [3.05, 3.63) is 0 Å². The lowest BCUT2D eigenvalue weighted by Crippen LogP contribution is -2.44. The lowest BCUT2D eigenvalue weighted by molar-refractivity contribution is 0.189. The molecule has 11 heavy (non-hydrogen) atoms. The van der Waals surface area contributed by atoms with Crippen molar-refractivity contribution in [3.8, 4) is 0 Å². The maximum Gasteiger partial charge on any atom is 0.310 e. The topological polar surface area (TPSA) is 32.3 Å². The zero-order chi connectivity index (χ0) is 8.27. The van der Waals surface area contributed by atoms with Gasteiger partial charge in [-0.15, -0.1) is 0 Å². The molecule has 2 atom stereocenters. The van der Waals surface area contributed by atoms with E-state index in [-0.39, 0.29) is 6.17 Å². The average molecular weight is 155 g/mol. The monoisotopic (exact) mass is 155 g/mol. The van der Waals surface area contributed by atoms with Crippen molar-refractivity contribution in [2.75, 3.05) is 6.54 Å². The highest BCUT2D eigenvalue weighted by molar-refractivity contribution is 5.47. The van der Waals surface area contributed by atoms with Crippen LogP contribution in [0.5, 0.6) is 0 Å². The van der Waals surface area contributed by atoms with Gasteiger partial charge >= 0.3 is 6.41 Å². The zero-order valence-corrected chi connectivity index (χ0v) is 7.13. The van der Waals surface area contributed by atoms with E-state index in [1.165, 1.54) is 12.8 Å². The van der Waals surface area contributed by atoms with Crippen LogP contribution in [0.3, 0.4) is 0 Å². The van der Waals surface area contributed by atoms with E-state index in [1.54, 1.807) is 6.41 Å². The van der Waals surface area contributed by atoms with Gasteiger partial charge in [0.05, 0.1) is 6.17 Å². The molecule has 1 heterocycles. The molecule has 0 aromatic heterocycles. The number of amides is 1. The molecule has 1 aliphatic heterocycles. The van der Waals surface area contributed by atoms with Gasteiger partial charge in [0.15, 0.2) is 0 Å². The van der Waals surface area contributed by atoms with Crippen molar-refractivity contribution in [3.63, 3.8) is 0 Å². The van der Waals surface area contributed by atoms with Crippen LogP contribution < -0.4 is 5.32 Å². The van der Waals surface area contributed by atoms with E-state index >= 15 is 0 Å². The number of rotatable bonds is 3. The first-order chi connectivity index (χ1) is 5.25. The molecule has 1 amide bonds. The van der Waals surface area contributed by atoms with E-state index in [0.717, 1.165) is 6.54 Å². The van der Waals surface area contributed by atoms with Crippen LogP contribution in [-0.4, -0.2) is 30.1 Å². The summed E-state index contributed by atoms with van der Waals surface area (Å²) in [4.78, 5) is 12.3. The fourth-order valence-electron chi connectivity index (χ4n) is 1.70. The largest absolute Gasteiger partial charge is 0.333 e. The molecule has 3 nitrogen and oxygen atoms in total.